The number of hydrogen-bond donors (Lipinski definition) is 3. The fraction of sp³-hybridized carbons (Fsp3) is 0.455. The number of hydrogen-bond acceptors (Lipinski definition) is 11. The summed E-state index contributed by atoms with van der Waals surface area (Å²) < 4.78 is 52.2. The van der Waals surface area contributed by atoms with Gasteiger partial charge in [-0.3, -0.25) is 13.9 Å². The highest BCUT2D eigenvalue weighted by Crippen LogP contribution is 2.49. The molecule has 38 heavy (non-hydrogen) atoms. The predicted octanol–water partition coefficient (Wildman–Crippen LogP) is 2.70. The SMILES string of the molecule is CC(C)OC(=O)[C@@H](C)NP(=O)(OC[C@H]1O[C@@H](n2cnc3c(N)ncnc32)[C@@](F)(Cl)[C@@H]1O)Oc1ccccc1. The maximum atomic E-state index is 15.5. The van der Waals surface area contributed by atoms with Crippen LogP contribution in [0.5, 0.6) is 5.75 Å². The number of alkyl halides is 2. The minimum absolute atomic E-state index is 0.0568. The first-order valence-electron chi connectivity index (χ1n) is 11.5. The topological polar surface area (TPSA) is 173 Å². The summed E-state index contributed by atoms with van der Waals surface area (Å²) in [5, 5.41) is 10.3. The fourth-order valence-electron chi connectivity index (χ4n) is 3.65. The molecule has 1 aromatic carbocycles. The van der Waals surface area contributed by atoms with Gasteiger partial charge < -0.3 is 24.8 Å². The van der Waals surface area contributed by atoms with Crippen molar-refractivity contribution in [2.45, 2.75) is 56.5 Å². The molecule has 1 saturated heterocycles. The molecule has 4 rings (SSSR count). The number of para-hydroxylation sites is 1. The number of benzene rings is 1. The number of nitrogens with one attached hydrogen (secondary N) is 1. The molecule has 6 atom stereocenters. The van der Waals surface area contributed by atoms with Crippen molar-refractivity contribution in [3.05, 3.63) is 43.0 Å². The van der Waals surface area contributed by atoms with Crippen molar-refractivity contribution >= 4 is 42.3 Å². The summed E-state index contributed by atoms with van der Waals surface area (Å²) in [5.41, 5.74) is 6.09. The van der Waals surface area contributed by atoms with E-state index in [1.54, 1.807) is 32.0 Å². The van der Waals surface area contributed by atoms with Crippen molar-refractivity contribution in [3.8, 4) is 5.75 Å². The Morgan fingerprint density at radius 2 is 2.03 bits per heavy atom. The molecule has 13 nitrogen and oxygen atoms in total. The van der Waals surface area contributed by atoms with Gasteiger partial charge in [-0.25, -0.2) is 23.9 Å². The van der Waals surface area contributed by atoms with Gasteiger partial charge in [-0.15, -0.1) is 0 Å². The molecule has 0 spiro atoms. The predicted molar refractivity (Wildman–Crippen MR) is 134 cm³/mol. The van der Waals surface area contributed by atoms with Crippen molar-refractivity contribution in [2.75, 3.05) is 12.3 Å². The number of carbonyl (C=O) groups excluding carboxylic acids is 1. The van der Waals surface area contributed by atoms with Gasteiger partial charge in [0.2, 0.25) is 0 Å². The molecule has 1 aliphatic heterocycles. The van der Waals surface area contributed by atoms with E-state index in [-0.39, 0.29) is 22.7 Å². The van der Waals surface area contributed by atoms with Gasteiger partial charge in [0.1, 0.15) is 35.8 Å². The number of anilines is 1. The lowest BCUT2D eigenvalue weighted by atomic mass is 10.1. The molecule has 0 radical (unpaired) electrons. The smallest absolute Gasteiger partial charge is 0.459 e. The second-order valence-electron chi connectivity index (χ2n) is 8.76. The lowest BCUT2D eigenvalue weighted by molar-refractivity contribution is -0.149. The van der Waals surface area contributed by atoms with Crippen LogP contribution in [0.15, 0.2) is 43.0 Å². The van der Waals surface area contributed by atoms with Crippen LogP contribution in [0.4, 0.5) is 10.2 Å². The number of aromatic nitrogens is 4. The number of ether oxygens (including phenoxy) is 2. The largest absolute Gasteiger partial charge is 0.462 e. The van der Waals surface area contributed by atoms with E-state index in [0.717, 1.165) is 10.9 Å². The molecule has 0 amide bonds. The molecule has 206 valence electrons. The van der Waals surface area contributed by atoms with Crippen molar-refractivity contribution in [3.63, 3.8) is 0 Å². The lowest BCUT2D eigenvalue weighted by Gasteiger charge is -2.25. The fourth-order valence-corrected chi connectivity index (χ4v) is 5.45. The van der Waals surface area contributed by atoms with E-state index >= 15 is 4.39 Å². The number of rotatable bonds is 10. The van der Waals surface area contributed by atoms with E-state index < -0.39 is 56.0 Å². The van der Waals surface area contributed by atoms with Crippen molar-refractivity contribution in [2.24, 2.45) is 0 Å². The van der Waals surface area contributed by atoms with Crippen molar-refractivity contribution in [1.82, 2.24) is 24.6 Å². The molecule has 1 fully saturated rings. The second-order valence-corrected chi connectivity index (χ2v) is 11.0. The van der Waals surface area contributed by atoms with E-state index in [1.165, 1.54) is 25.4 Å². The molecule has 0 aliphatic carbocycles. The minimum atomic E-state index is -4.30. The summed E-state index contributed by atoms with van der Waals surface area (Å²) in [4.78, 5) is 24.2. The Balaban J connectivity index is 1.54. The molecule has 4 N–H and O–H groups in total. The van der Waals surface area contributed by atoms with E-state index in [4.69, 9.17) is 35.9 Å². The number of nitrogens with two attached hydrogens (primary N) is 1. The first-order chi connectivity index (χ1) is 17.9. The Bertz CT molecular complexity index is 1330. The van der Waals surface area contributed by atoms with Crippen LogP contribution in [-0.4, -0.2) is 66.7 Å². The normalized spacial score (nSPS) is 25.8. The highest BCUT2D eigenvalue weighted by atomic mass is 35.5. The third kappa shape index (κ3) is 5.90. The Morgan fingerprint density at radius 3 is 2.71 bits per heavy atom. The average Bonchev–Trinajstić information content (AvgIpc) is 3.37. The molecule has 3 heterocycles. The molecule has 1 aliphatic rings. The van der Waals surface area contributed by atoms with Gasteiger partial charge in [-0.05, 0) is 32.9 Å². The Hall–Kier alpha value is -2.87. The molecule has 16 heteroatoms. The molecule has 2 aromatic heterocycles. The molecule has 1 unspecified atom stereocenters. The Kier molecular flexibility index (Phi) is 8.21. The number of nitrogen functional groups attached to an aromatic ring is 1. The zero-order valence-corrected chi connectivity index (χ0v) is 22.3. The number of carbonyl (C=O) groups is 1. The molecule has 0 saturated carbocycles. The van der Waals surface area contributed by atoms with Crippen LogP contribution < -0.4 is 15.3 Å². The Morgan fingerprint density at radius 1 is 1.32 bits per heavy atom. The van der Waals surface area contributed by atoms with Gasteiger partial charge in [0, 0.05) is 0 Å². The van der Waals surface area contributed by atoms with Gasteiger partial charge in [0.05, 0.1) is 19.0 Å². The molecule has 3 aromatic rings. The molecular weight excluding hydrogens is 546 g/mol. The first-order valence-corrected chi connectivity index (χ1v) is 13.4. The third-order valence-electron chi connectivity index (χ3n) is 5.45. The van der Waals surface area contributed by atoms with E-state index in [9.17, 15) is 14.5 Å². The average molecular weight is 573 g/mol. The van der Waals surface area contributed by atoms with Crippen LogP contribution >= 0.6 is 19.3 Å². The van der Waals surface area contributed by atoms with Crippen LogP contribution in [0.3, 0.4) is 0 Å². The van der Waals surface area contributed by atoms with Gasteiger partial charge in [-0.2, -0.15) is 5.09 Å². The zero-order valence-electron chi connectivity index (χ0n) is 20.6. The summed E-state index contributed by atoms with van der Waals surface area (Å²) in [6.45, 7) is 4.10. The number of fused-ring (bicyclic) bond motifs is 1. The quantitative estimate of drug-likeness (QED) is 0.184. The number of nitrogens with zero attached hydrogens (tertiary/aromatic N) is 4. The highest BCUT2D eigenvalue weighted by Gasteiger charge is 2.58. The summed E-state index contributed by atoms with van der Waals surface area (Å²) in [7, 11) is -4.30. The van der Waals surface area contributed by atoms with Crippen LogP contribution in [0, 0.1) is 0 Å². The van der Waals surface area contributed by atoms with Crippen LogP contribution in [0.1, 0.15) is 27.0 Å². The van der Waals surface area contributed by atoms with Crippen LogP contribution in [0.25, 0.3) is 11.2 Å². The van der Waals surface area contributed by atoms with E-state index in [2.05, 4.69) is 20.0 Å². The van der Waals surface area contributed by atoms with Crippen molar-refractivity contribution in [1.29, 1.82) is 0 Å². The summed E-state index contributed by atoms with van der Waals surface area (Å²) in [5.74, 6) is -0.478. The zero-order chi connectivity index (χ0) is 27.7. The number of halogens is 2. The standard InChI is InChI=1S/C22H27ClFN6O7P/c1-12(2)35-20(32)13(3)29-38(33,37-14-7-5-4-6-8-14)34-9-15-17(31)22(23,24)21(36-15)30-11-28-16-18(25)26-10-27-19(16)30/h4-8,10-13,15,17,21,31H,9H2,1-3H3,(H,29,33)(H2,25,26,27)/t13-,15-,17-,21-,22-,38?/m1/s1. The number of aliphatic hydroxyl groups is 1. The lowest BCUT2D eigenvalue weighted by Crippen LogP contribution is -2.40. The molecular formula is C22H27ClFN6O7P. The minimum Gasteiger partial charge on any atom is -0.462 e. The Labute approximate surface area is 222 Å². The molecule has 0 bridgehead atoms. The van der Waals surface area contributed by atoms with E-state index in [1.807, 2.05) is 0 Å². The number of esters is 1. The summed E-state index contributed by atoms with van der Waals surface area (Å²) >= 11 is 6.07. The number of aliphatic hydroxyl groups excluding tert-OH is 1. The second kappa shape index (κ2) is 11.1. The third-order valence-corrected chi connectivity index (χ3v) is 7.51. The monoisotopic (exact) mass is 572 g/mol. The number of imidazole rings is 1. The first kappa shape index (κ1) is 28.1. The van der Waals surface area contributed by atoms with Crippen molar-refractivity contribution < 1.29 is 37.4 Å². The highest BCUT2D eigenvalue weighted by molar-refractivity contribution is 7.52. The summed E-state index contributed by atoms with van der Waals surface area (Å²) in [6.07, 6.45) is -3.01. The van der Waals surface area contributed by atoms with Gasteiger partial charge >= 0.3 is 13.7 Å². The summed E-state index contributed by atoms with van der Waals surface area (Å²) in [6, 6.07) is 6.94. The maximum absolute atomic E-state index is 15.5. The van der Waals surface area contributed by atoms with Gasteiger partial charge in [0.15, 0.2) is 17.7 Å². The van der Waals surface area contributed by atoms with Crippen LogP contribution in [-0.2, 0) is 23.4 Å². The van der Waals surface area contributed by atoms with Gasteiger partial charge in [0.25, 0.3) is 5.13 Å². The maximum Gasteiger partial charge on any atom is 0.459 e. The van der Waals surface area contributed by atoms with Gasteiger partial charge in [-0.1, -0.05) is 29.8 Å². The van der Waals surface area contributed by atoms with E-state index in [0.29, 0.717) is 0 Å². The van der Waals surface area contributed by atoms with Crippen LogP contribution in [0.2, 0.25) is 0 Å².